The first-order valence-electron chi connectivity index (χ1n) is 4.57. The SMILES string of the molecule is CC1CCN(C(=O)CCCI)C1. The largest absolute Gasteiger partial charge is 0.342 e. The topological polar surface area (TPSA) is 20.3 Å². The normalized spacial score (nSPS) is 23.2. The molecular weight excluding hydrogens is 265 g/mol. The van der Waals surface area contributed by atoms with Crippen molar-refractivity contribution in [1.82, 2.24) is 4.90 Å². The quantitative estimate of drug-likeness (QED) is 0.573. The van der Waals surface area contributed by atoms with E-state index >= 15 is 0 Å². The first kappa shape index (κ1) is 10.3. The molecule has 1 heterocycles. The summed E-state index contributed by atoms with van der Waals surface area (Å²) >= 11 is 2.32. The number of halogens is 1. The second-order valence-electron chi connectivity index (χ2n) is 3.53. The predicted octanol–water partition coefficient (Wildman–Crippen LogP) is 2.07. The maximum Gasteiger partial charge on any atom is 0.222 e. The highest BCUT2D eigenvalue weighted by molar-refractivity contribution is 14.1. The van der Waals surface area contributed by atoms with Crippen molar-refractivity contribution in [3.8, 4) is 0 Å². The van der Waals surface area contributed by atoms with Gasteiger partial charge in [-0.15, -0.1) is 0 Å². The molecule has 1 unspecified atom stereocenters. The zero-order valence-electron chi connectivity index (χ0n) is 7.55. The lowest BCUT2D eigenvalue weighted by Crippen LogP contribution is -2.28. The molecule has 0 bridgehead atoms. The zero-order valence-corrected chi connectivity index (χ0v) is 9.71. The van der Waals surface area contributed by atoms with E-state index in [0.717, 1.165) is 30.4 Å². The first-order chi connectivity index (χ1) is 5.74. The molecule has 1 atom stereocenters. The smallest absolute Gasteiger partial charge is 0.222 e. The Balaban J connectivity index is 2.23. The van der Waals surface area contributed by atoms with Crippen molar-refractivity contribution in [2.75, 3.05) is 17.5 Å². The molecule has 70 valence electrons. The summed E-state index contributed by atoms with van der Waals surface area (Å²) < 4.78 is 1.09. The predicted molar refractivity (Wildman–Crippen MR) is 58.5 cm³/mol. The van der Waals surface area contributed by atoms with Crippen LogP contribution in [0.25, 0.3) is 0 Å². The van der Waals surface area contributed by atoms with Crippen molar-refractivity contribution in [3.63, 3.8) is 0 Å². The summed E-state index contributed by atoms with van der Waals surface area (Å²) in [4.78, 5) is 13.5. The summed E-state index contributed by atoms with van der Waals surface area (Å²) in [6.45, 7) is 4.19. The van der Waals surface area contributed by atoms with Gasteiger partial charge in [-0.05, 0) is 18.8 Å². The fourth-order valence-electron chi connectivity index (χ4n) is 1.54. The third-order valence-electron chi connectivity index (χ3n) is 2.30. The molecule has 1 fully saturated rings. The summed E-state index contributed by atoms with van der Waals surface area (Å²) in [5, 5.41) is 0. The summed E-state index contributed by atoms with van der Waals surface area (Å²) in [7, 11) is 0. The number of likely N-dealkylation sites (tertiary alicyclic amines) is 1. The van der Waals surface area contributed by atoms with E-state index in [1.165, 1.54) is 6.42 Å². The van der Waals surface area contributed by atoms with Gasteiger partial charge in [0.1, 0.15) is 0 Å². The maximum atomic E-state index is 11.5. The summed E-state index contributed by atoms with van der Waals surface area (Å²) in [6, 6.07) is 0. The number of rotatable bonds is 3. The molecule has 0 aromatic carbocycles. The first-order valence-corrected chi connectivity index (χ1v) is 6.10. The van der Waals surface area contributed by atoms with Crippen LogP contribution < -0.4 is 0 Å². The Morgan fingerprint density at radius 1 is 1.67 bits per heavy atom. The number of hydrogen-bond donors (Lipinski definition) is 0. The van der Waals surface area contributed by atoms with E-state index in [4.69, 9.17) is 0 Å². The number of nitrogens with zero attached hydrogens (tertiary/aromatic N) is 1. The Morgan fingerprint density at radius 3 is 2.92 bits per heavy atom. The Labute approximate surface area is 87.8 Å². The van der Waals surface area contributed by atoms with Crippen LogP contribution in [-0.4, -0.2) is 28.3 Å². The van der Waals surface area contributed by atoms with Crippen LogP contribution in [0, 0.1) is 5.92 Å². The van der Waals surface area contributed by atoms with Gasteiger partial charge in [0.15, 0.2) is 0 Å². The van der Waals surface area contributed by atoms with Gasteiger partial charge in [-0.1, -0.05) is 29.5 Å². The number of carbonyl (C=O) groups is 1. The zero-order chi connectivity index (χ0) is 8.97. The molecule has 0 aliphatic carbocycles. The fourth-order valence-corrected chi connectivity index (χ4v) is 1.92. The Bertz CT molecular complexity index is 161. The monoisotopic (exact) mass is 281 g/mol. The van der Waals surface area contributed by atoms with E-state index in [0.29, 0.717) is 11.8 Å². The molecule has 0 saturated carbocycles. The molecule has 12 heavy (non-hydrogen) atoms. The van der Waals surface area contributed by atoms with Crippen LogP contribution in [0.1, 0.15) is 26.2 Å². The van der Waals surface area contributed by atoms with Crippen LogP contribution in [0.15, 0.2) is 0 Å². The van der Waals surface area contributed by atoms with E-state index in [9.17, 15) is 4.79 Å². The van der Waals surface area contributed by atoms with Crippen molar-refractivity contribution >= 4 is 28.5 Å². The Hall–Kier alpha value is 0.200. The van der Waals surface area contributed by atoms with Crippen molar-refractivity contribution in [2.24, 2.45) is 5.92 Å². The highest BCUT2D eigenvalue weighted by Gasteiger charge is 2.22. The van der Waals surface area contributed by atoms with E-state index in [2.05, 4.69) is 29.5 Å². The molecule has 2 nitrogen and oxygen atoms in total. The molecule has 0 aromatic rings. The third kappa shape index (κ3) is 2.92. The minimum absolute atomic E-state index is 0.357. The number of alkyl halides is 1. The van der Waals surface area contributed by atoms with E-state index in [1.54, 1.807) is 0 Å². The summed E-state index contributed by atoms with van der Waals surface area (Å²) in [5.74, 6) is 1.07. The van der Waals surface area contributed by atoms with Crippen LogP contribution in [0.3, 0.4) is 0 Å². The molecule has 1 saturated heterocycles. The van der Waals surface area contributed by atoms with Crippen LogP contribution in [0.4, 0.5) is 0 Å². The van der Waals surface area contributed by atoms with Gasteiger partial charge in [-0.2, -0.15) is 0 Å². The van der Waals surface area contributed by atoms with Gasteiger partial charge in [-0.25, -0.2) is 0 Å². The van der Waals surface area contributed by atoms with Gasteiger partial charge in [0.2, 0.25) is 5.91 Å². The lowest BCUT2D eigenvalue weighted by molar-refractivity contribution is -0.130. The summed E-state index contributed by atoms with van der Waals surface area (Å²) in [6.07, 6.45) is 2.97. The number of hydrogen-bond acceptors (Lipinski definition) is 1. The second kappa shape index (κ2) is 5.04. The molecule has 1 aliphatic heterocycles. The van der Waals surface area contributed by atoms with Crippen molar-refractivity contribution in [3.05, 3.63) is 0 Å². The van der Waals surface area contributed by atoms with E-state index < -0.39 is 0 Å². The number of amides is 1. The van der Waals surface area contributed by atoms with Gasteiger partial charge < -0.3 is 4.90 Å². The van der Waals surface area contributed by atoms with E-state index in [-0.39, 0.29) is 0 Å². The molecular formula is C9H16INO. The molecule has 0 spiro atoms. The van der Waals surface area contributed by atoms with Crippen LogP contribution in [0.5, 0.6) is 0 Å². The van der Waals surface area contributed by atoms with E-state index in [1.807, 2.05) is 4.90 Å². The van der Waals surface area contributed by atoms with Crippen molar-refractivity contribution in [1.29, 1.82) is 0 Å². The Kier molecular flexibility index (Phi) is 4.32. The standard InChI is InChI=1S/C9H16INO/c1-8-4-6-11(7-8)9(12)3-2-5-10/h8H,2-7H2,1H3. The summed E-state index contributed by atoms with van der Waals surface area (Å²) in [5.41, 5.74) is 0. The van der Waals surface area contributed by atoms with Crippen LogP contribution >= 0.6 is 22.6 Å². The average Bonchev–Trinajstić information content (AvgIpc) is 2.47. The molecule has 1 rings (SSSR count). The highest BCUT2D eigenvalue weighted by Crippen LogP contribution is 2.16. The Morgan fingerprint density at radius 2 is 2.42 bits per heavy atom. The minimum atomic E-state index is 0.357. The van der Waals surface area contributed by atoms with Gasteiger partial charge in [0, 0.05) is 23.9 Å². The third-order valence-corrected chi connectivity index (χ3v) is 3.06. The van der Waals surface area contributed by atoms with Gasteiger partial charge >= 0.3 is 0 Å². The highest BCUT2D eigenvalue weighted by atomic mass is 127. The molecule has 1 amide bonds. The fraction of sp³-hybridized carbons (Fsp3) is 0.889. The molecule has 0 N–H and O–H groups in total. The molecule has 0 radical (unpaired) electrons. The number of carbonyl (C=O) groups excluding carboxylic acids is 1. The van der Waals surface area contributed by atoms with Crippen LogP contribution in [0.2, 0.25) is 0 Å². The van der Waals surface area contributed by atoms with Gasteiger partial charge in [0.05, 0.1) is 0 Å². The minimum Gasteiger partial charge on any atom is -0.342 e. The van der Waals surface area contributed by atoms with Gasteiger partial charge in [-0.3, -0.25) is 4.79 Å². The maximum absolute atomic E-state index is 11.5. The lowest BCUT2D eigenvalue weighted by atomic mass is 10.2. The average molecular weight is 281 g/mol. The van der Waals surface area contributed by atoms with Gasteiger partial charge in [0.25, 0.3) is 0 Å². The second-order valence-corrected chi connectivity index (χ2v) is 4.60. The molecule has 3 heteroatoms. The van der Waals surface area contributed by atoms with Crippen LogP contribution in [-0.2, 0) is 4.79 Å². The lowest BCUT2D eigenvalue weighted by Gasteiger charge is -2.15. The van der Waals surface area contributed by atoms with Crippen molar-refractivity contribution < 1.29 is 4.79 Å². The molecule has 0 aromatic heterocycles. The van der Waals surface area contributed by atoms with Crippen molar-refractivity contribution in [2.45, 2.75) is 26.2 Å². The molecule has 1 aliphatic rings.